The summed E-state index contributed by atoms with van der Waals surface area (Å²) in [5.41, 5.74) is 6.72. The fourth-order valence-corrected chi connectivity index (χ4v) is 3.34. The maximum atomic E-state index is 13.0. The molecule has 3 heterocycles. The van der Waals surface area contributed by atoms with Crippen LogP contribution in [-0.4, -0.2) is 50.0 Å². The van der Waals surface area contributed by atoms with Crippen molar-refractivity contribution in [1.29, 1.82) is 0 Å². The van der Waals surface area contributed by atoms with E-state index in [1.54, 1.807) is 13.0 Å². The minimum Gasteiger partial charge on any atom is -0.383 e. The molecule has 0 saturated carbocycles. The second-order valence-corrected chi connectivity index (χ2v) is 7.95. The molecule has 13 heteroatoms. The Kier molecular flexibility index (Phi) is 5.96. The Bertz CT molecular complexity index is 1350. The zero-order valence-electron chi connectivity index (χ0n) is 18.4. The number of anilines is 1. The van der Waals surface area contributed by atoms with E-state index in [-0.39, 0.29) is 28.6 Å². The summed E-state index contributed by atoms with van der Waals surface area (Å²) in [6.45, 7) is 2.07. The van der Waals surface area contributed by atoms with Crippen molar-refractivity contribution < 1.29 is 22.5 Å². The number of nitrogens with one attached hydrogen (secondary N) is 2. The van der Waals surface area contributed by atoms with E-state index in [1.807, 2.05) is 19.0 Å². The topological polar surface area (TPSA) is 139 Å². The molecule has 1 amide bonds. The predicted molar refractivity (Wildman–Crippen MR) is 116 cm³/mol. The van der Waals surface area contributed by atoms with Gasteiger partial charge in [-0.15, -0.1) is 0 Å². The van der Waals surface area contributed by atoms with Gasteiger partial charge in [-0.25, -0.2) is 15.0 Å². The summed E-state index contributed by atoms with van der Waals surface area (Å²) < 4.78 is 44.2. The van der Waals surface area contributed by atoms with Gasteiger partial charge in [-0.3, -0.25) is 4.79 Å². The molecule has 0 radical (unpaired) electrons. The van der Waals surface area contributed by atoms with E-state index in [1.165, 1.54) is 12.4 Å². The van der Waals surface area contributed by atoms with E-state index in [0.717, 1.165) is 12.1 Å². The second-order valence-electron chi connectivity index (χ2n) is 7.95. The van der Waals surface area contributed by atoms with E-state index in [9.17, 15) is 18.0 Å². The van der Waals surface area contributed by atoms with Gasteiger partial charge >= 0.3 is 6.18 Å². The molecule has 0 spiro atoms. The van der Waals surface area contributed by atoms with Crippen LogP contribution in [-0.2, 0) is 12.7 Å². The SMILES string of the molecule is C[C@H](NC(=O)c1ncnc(N)c1CN(C)C)c1cc(-c2nc3ccc(C(F)(F)F)cc3[nH]2)on1. The molecule has 0 fully saturated rings. The number of fused-ring (bicyclic) bond motifs is 1. The average Bonchev–Trinajstić information content (AvgIpc) is 3.40. The summed E-state index contributed by atoms with van der Waals surface area (Å²) in [5.74, 6) is 0.166. The quantitative estimate of drug-likeness (QED) is 0.387. The van der Waals surface area contributed by atoms with Crippen molar-refractivity contribution in [1.82, 2.24) is 35.3 Å². The Morgan fingerprint density at radius 2 is 2.03 bits per heavy atom. The summed E-state index contributed by atoms with van der Waals surface area (Å²) >= 11 is 0. The van der Waals surface area contributed by atoms with Gasteiger partial charge in [0.05, 0.1) is 22.6 Å². The number of hydrogen-bond donors (Lipinski definition) is 3. The lowest BCUT2D eigenvalue weighted by Gasteiger charge is -2.16. The van der Waals surface area contributed by atoms with Crippen molar-refractivity contribution in [3.63, 3.8) is 0 Å². The Morgan fingerprint density at radius 1 is 1.26 bits per heavy atom. The van der Waals surface area contributed by atoms with Crippen LogP contribution in [0, 0.1) is 0 Å². The molecule has 3 aromatic heterocycles. The van der Waals surface area contributed by atoms with E-state index < -0.39 is 23.7 Å². The molecule has 0 unspecified atom stereocenters. The zero-order chi connectivity index (χ0) is 24.6. The molecule has 0 saturated heterocycles. The van der Waals surface area contributed by atoms with Gasteiger partial charge in [-0.2, -0.15) is 13.2 Å². The third-order valence-electron chi connectivity index (χ3n) is 5.03. The number of aromatic nitrogens is 5. The van der Waals surface area contributed by atoms with Crippen molar-refractivity contribution in [2.75, 3.05) is 19.8 Å². The number of imidazole rings is 1. The summed E-state index contributed by atoms with van der Waals surface area (Å²) in [6, 6.07) is 4.18. The maximum Gasteiger partial charge on any atom is 0.416 e. The van der Waals surface area contributed by atoms with Crippen LogP contribution < -0.4 is 11.1 Å². The lowest BCUT2D eigenvalue weighted by atomic mass is 10.1. The molecule has 0 aliphatic heterocycles. The molecule has 1 atom stereocenters. The first kappa shape index (κ1) is 23.2. The van der Waals surface area contributed by atoms with Crippen LogP contribution in [0.2, 0.25) is 0 Å². The van der Waals surface area contributed by atoms with E-state index in [0.29, 0.717) is 23.3 Å². The van der Waals surface area contributed by atoms with Gasteiger partial charge in [-0.1, -0.05) is 5.16 Å². The third kappa shape index (κ3) is 4.69. The Morgan fingerprint density at radius 3 is 2.74 bits per heavy atom. The molecule has 0 bridgehead atoms. The number of H-pyrrole nitrogens is 1. The van der Waals surface area contributed by atoms with Gasteiger partial charge in [0.1, 0.15) is 23.5 Å². The highest BCUT2D eigenvalue weighted by Crippen LogP contribution is 2.32. The lowest BCUT2D eigenvalue weighted by molar-refractivity contribution is -0.137. The third-order valence-corrected chi connectivity index (χ3v) is 5.03. The normalized spacial score (nSPS) is 12.9. The van der Waals surface area contributed by atoms with Crippen molar-refractivity contribution in [3.8, 4) is 11.6 Å². The predicted octanol–water partition coefficient (Wildman–Crippen LogP) is 3.16. The van der Waals surface area contributed by atoms with Gasteiger partial charge in [0.15, 0.2) is 5.82 Å². The Labute approximate surface area is 191 Å². The van der Waals surface area contributed by atoms with Crippen molar-refractivity contribution in [2.45, 2.75) is 25.7 Å². The van der Waals surface area contributed by atoms with Gasteiger partial charge in [0, 0.05) is 18.2 Å². The number of aromatic amines is 1. The van der Waals surface area contributed by atoms with E-state index >= 15 is 0 Å². The first-order valence-corrected chi connectivity index (χ1v) is 10.1. The summed E-state index contributed by atoms with van der Waals surface area (Å²) in [4.78, 5) is 29.8. The van der Waals surface area contributed by atoms with Crippen LogP contribution in [0.15, 0.2) is 35.1 Å². The molecular formula is C21H21F3N8O2. The number of amides is 1. The number of halogens is 3. The molecule has 1 aromatic carbocycles. The molecule has 0 aliphatic rings. The van der Waals surface area contributed by atoms with Gasteiger partial charge in [0.2, 0.25) is 5.76 Å². The summed E-state index contributed by atoms with van der Waals surface area (Å²) in [5, 5.41) is 6.75. The fraction of sp³-hybridized carbons (Fsp3) is 0.286. The molecule has 4 N–H and O–H groups in total. The van der Waals surface area contributed by atoms with Gasteiger partial charge in [0.25, 0.3) is 5.91 Å². The number of rotatable bonds is 6. The number of nitrogens with two attached hydrogens (primary N) is 1. The van der Waals surface area contributed by atoms with Gasteiger partial charge < -0.3 is 25.5 Å². The van der Waals surface area contributed by atoms with E-state index in [2.05, 4.69) is 30.4 Å². The number of benzene rings is 1. The van der Waals surface area contributed by atoms with Crippen molar-refractivity contribution in [3.05, 3.63) is 53.1 Å². The van der Waals surface area contributed by atoms with Crippen LogP contribution in [0.5, 0.6) is 0 Å². The number of nitrogen functional groups attached to an aromatic ring is 1. The van der Waals surface area contributed by atoms with Gasteiger partial charge in [-0.05, 0) is 39.2 Å². The Balaban J connectivity index is 1.54. The highest BCUT2D eigenvalue weighted by Gasteiger charge is 2.31. The van der Waals surface area contributed by atoms with E-state index in [4.69, 9.17) is 10.3 Å². The number of alkyl halides is 3. The molecule has 0 aliphatic carbocycles. The monoisotopic (exact) mass is 474 g/mol. The van der Waals surface area contributed by atoms with Crippen molar-refractivity contribution >= 4 is 22.8 Å². The number of hydrogen-bond acceptors (Lipinski definition) is 8. The number of carbonyl (C=O) groups excluding carboxylic acids is 1. The maximum absolute atomic E-state index is 13.0. The molecule has 10 nitrogen and oxygen atoms in total. The highest BCUT2D eigenvalue weighted by molar-refractivity contribution is 5.94. The number of nitrogens with zero attached hydrogens (tertiary/aromatic N) is 5. The molecule has 4 rings (SSSR count). The standard InChI is InChI=1S/C21H21F3N8O2/c1-10(28-20(33)17-12(8-32(2)3)18(25)27-9-26-17)14-7-16(34-31-14)19-29-13-5-4-11(21(22,23)24)6-15(13)30-19/h4-7,9-10H,8H2,1-3H3,(H,28,33)(H,29,30)(H2,25,26,27)/t10-/m0/s1. The van der Waals surface area contributed by atoms with Crippen LogP contribution in [0.25, 0.3) is 22.6 Å². The summed E-state index contributed by atoms with van der Waals surface area (Å²) in [7, 11) is 3.66. The van der Waals surface area contributed by atoms with Crippen LogP contribution in [0.1, 0.15) is 40.3 Å². The van der Waals surface area contributed by atoms with Crippen LogP contribution >= 0.6 is 0 Å². The first-order valence-electron chi connectivity index (χ1n) is 10.1. The highest BCUT2D eigenvalue weighted by atomic mass is 19.4. The average molecular weight is 474 g/mol. The Hall–Kier alpha value is -4.00. The smallest absolute Gasteiger partial charge is 0.383 e. The summed E-state index contributed by atoms with van der Waals surface area (Å²) in [6.07, 6.45) is -3.25. The van der Waals surface area contributed by atoms with Crippen LogP contribution in [0.4, 0.5) is 19.0 Å². The minimum absolute atomic E-state index is 0.148. The fourth-order valence-electron chi connectivity index (χ4n) is 3.34. The molecular weight excluding hydrogens is 453 g/mol. The zero-order valence-corrected chi connectivity index (χ0v) is 18.4. The van der Waals surface area contributed by atoms with Crippen molar-refractivity contribution in [2.24, 2.45) is 0 Å². The largest absolute Gasteiger partial charge is 0.416 e. The lowest BCUT2D eigenvalue weighted by Crippen LogP contribution is -2.30. The van der Waals surface area contributed by atoms with Crippen LogP contribution in [0.3, 0.4) is 0 Å². The first-order chi connectivity index (χ1) is 16.0. The number of carbonyl (C=O) groups is 1. The molecule has 178 valence electrons. The second kappa shape index (κ2) is 8.74. The molecule has 34 heavy (non-hydrogen) atoms. The minimum atomic E-state index is -4.47. The molecule has 4 aromatic rings.